The Balaban J connectivity index is 2.40. The van der Waals surface area contributed by atoms with Gasteiger partial charge in [-0.3, -0.25) is 0 Å². The predicted molar refractivity (Wildman–Crippen MR) is 75.2 cm³/mol. The van der Waals surface area contributed by atoms with Gasteiger partial charge < -0.3 is 14.8 Å². The molecule has 0 saturated carbocycles. The van der Waals surface area contributed by atoms with Gasteiger partial charge in [0.25, 0.3) is 0 Å². The van der Waals surface area contributed by atoms with Crippen molar-refractivity contribution in [1.29, 1.82) is 0 Å². The number of aromatic nitrogens is 2. The Hall–Kier alpha value is -1.24. The molecule has 0 saturated heterocycles. The highest BCUT2D eigenvalue weighted by molar-refractivity contribution is 9.10. The molecule has 0 bridgehead atoms. The van der Waals surface area contributed by atoms with Gasteiger partial charge in [-0.1, -0.05) is 0 Å². The van der Waals surface area contributed by atoms with Crippen LogP contribution in [0.5, 0.6) is 5.88 Å². The van der Waals surface area contributed by atoms with Crippen molar-refractivity contribution >= 4 is 22.0 Å². The number of amides is 1. The lowest BCUT2D eigenvalue weighted by Gasteiger charge is -2.21. The summed E-state index contributed by atoms with van der Waals surface area (Å²) in [6.45, 7) is 7.67. The highest BCUT2D eigenvalue weighted by Gasteiger charge is 2.17. The van der Waals surface area contributed by atoms with Gasteiger partial charge >= 0.3 is 6.09 Å². The van der Waals surface area contributed by atoms with E-state index in [2.05, 4.69) is 26.3 Å². The summed E-state index contributed by atoms with van der Waals surface area (Å²) < 4.78 is 13.2. The van der Waals surface area contributed by atoms with E-state index in [1.807, 2.05) is 27.7 Å². The first-order chi connectivity index (χ1) is 8.69. The Labute approximate surface area is 121 Å². The van der Waals surface area contributed by atoms with Crippen molar-refractivity contribution in [2.45, 2.75) is 39.4 Å². The SMILES string of the molecule is CC(CNC(=O)OC(C)(C)C)Oc1c(Br)cnn1C. The minimum Gasteiger partial charge on any atom is -0.472 e. The van der Waals surface area contributed by atoms with E-state index in [4.69, 9.17) is 9.47 Å². The van der Waals surface area contributed by atoms with Crippen LogP contribution in [-0.2, 0) is 11.8 Å². The lowest BCUT2D eigenvalue weighted by Crippen LogP contribution is -2.37. The summed E-state index contributed by atoms with van der Waals surface area (Å²) >= 11 is 3.35. The zero-order valence-electron chi connectivity index (χ0n) is 11.9. The van der Waals surface area contributed by atoms with Gasteiger partial charge in [0.1, 0.15) is 11.7 Å². The molecule has 1 amide bonds. The first-order valence-electron chi connectivity index (χ1n) is 6.00. The number of nitrogens with zero attached hydrogens (tertiary/aromatic N) is 2. The quantitative estimate of drug-likeness (QED) is 0.919. The number of alkyl carbamates (subject to hydrolysis) is 1. The molecule has 7 heteroatoms. The summed E-state index contributed by atoms with van der Waals surface area (Å²) in [4.78, 5) is 11.5. The second-order valence-corrected chi connectivity index (χ2v) is 6.09. The number of halogens is 1. The maximum Gasteiger partial charge on any atom is 0.407 e. The van der Waals surface area contributed by atoms with E-state index in [9.17, 15) is 4.79 Å². The first-order valence-corrected chi connectivity index (χ1v) is 6.79. The molecule has 1 rings (SSSR count). The van der Waals surface area contributed by atoms with Crippen molar-refractivity contribution in [3.63, 3.8) is 0 Å². The number of hydrogen-bond acceptors (Lipinski definition) is 4. The standard InChI is InChI=1S/C12H20BrN3O3/c1-8(6-14-11(17)19-12(2,3)4)18-10-9(13)7-15-16(10)5/h7-8H,6H2,1-5H3,(H,14,17). The molecule has 108 valence electrons. The Kier molecular flexibility index (Phi) is 5.22. The third kappa shape index (κ3) is 5.50. The molecule has 1 heterocycles. The van der Waals surface area contributed by atoms with Gasteiger partial charge in [-0.2, -0.15) is 5.10 Å². The van der Waals surface area contributed by atoms with E-state index in [-0.39, 0.29) is 6.10 Å². The van der Waals surface area contributed by atoms with Crippen LogP contribution in [-0.4, -0.2) is 34.1 Å². The van der Waals surface area contributed by atoms with Crippen LogP contribution in [0.15, 0.2) is 10.7 Å². The van der Waals surface area contributed by atoms with E-state index in [0.29, 0.717) is 12.4 Å². The Morgan fingerprint density at radius 3 is 2.68 bits per heavy atom. The summed E-state index contributed by atoms with van der Waals surface area (Å²) in [7, 11) is 1.79. The highest BCUT2D eigenvalue weighted by Crippen LogP contribution is 2.24. The van der Waals surface area contributed by atoms with Crippen LogP contribution in [0.2, 0.25) is 0 Å². The number of rotatable bonds is 4. The number of nitrogens with one attached hydrogen (secondary N) is 1. The van der Waals surface area contributed by atoms with Crippen LogP contribution in [0.1, 0.15) is 27.7 Å². The third-order valence-corrected chi connectivity index (χ3v) is 2.63. The number of carbonyl (C=O) groups excluding carboxylic acids is 1. The average Bonchev–Trinajstić information content (AvgIpc) is 2.56. The van der Waals surface area contributed by atoms with E-state index in [0.717, 1.165) is 4.47 Å². The zero-order valence-corrected chi connectivity index (χ0v) is 13.4. The Morgan fingerprint density at radius 1 is 1.58 bits per heavy atom. The molecule has 1 unspecified atom stereocenters. The second kappa shape index (κ2) is 6.27. The summed E-state index contributed by atoms with van der Waals surface area (Å²) in [5.41, 5.74) is -0.501. The van der Waals surface area contributed by atoms with Crippen LogP contribution in [0.3, 0.4) is 0 Å². The van der Waals surface area contributed by atoms with Crippen LogP contribution in [0.25, 0.3) is 0 Å². The fraction of sp³-hybridized carbons (Fsp3) is 0.667. The number of aryl methyl sites for hydroxylation is 1. The van der Waals surface area contributed by atoms with Crippen molar-refractivity contribution < 1.29 is 14.3 Å². The minimum atomic E-state index is -0.501. The number of carbonyl (C=O) groups is 1. The molecule has 0 aliphatic rings. The lowest BCUT2D eigenvalue weighted by molar-refractivity contribution is 0.0503. The highest BCUT2D eigenvalue weighted by atomic mass is 79.9. The number of ether oxygens (including phenoxy) is 2. The lowest BCUT2D eigenvalue weighted by atomic mass is 10.2. The molecule has 19 heavy (non-hydrogen) atoms. The maximum atomic E-state index is 11.5. The molecular weight excluding hydrogens is 314 g/mol. The van der Waals surface area contributed by atoms with Gasteiger partial charge in [0.15, 0.2) is 0 Å². The molecule has 0 radical (unpaired) electrons. The fourth-order valence-electron chi connectivity index (χ4n) is 1.31. The first kappa shape index (κ1) is 15.8. The van der Waals surface area contributed by atoms with Gasteiger partial charge in [-0.15, -0.1) is 0 Å². The van der Waals surface area contributed by atoms with Gasteiger partial charge in [-0.25, -0.2) is 9.48 Å². The topological polar surface area (TPSA) is 65.4 Å². The van der Waals surface area contributed by atoms with Gasteiger partial charge in [0.05, 0.1) is 17.2 Å². The van der Waals surface area contributed by atoms with Gasteiger partial charge in [0, 0.05) is 7.05 Å². The molecule has 0 aromatic carbocycles. The molecule has 1 atom stereocenters. The van der Waals surface area contributed by atoms with Crippen molar-refractivity contribution in [2.75, 3.05) is 6.54 Å². The van der Waals surface area contributed by atoms with Crippen LogP contribution in [0.4, 0.5) is 4.79 Å². The number of hydrogen-bond donors (Lipinski definition) is 1. The molecule has 0 fully saturated rings. The third-order valence-electron chi connectivity index (χ3n) is 2.09. The molecule has 0 aliphatic heterocycles. The molecular formula is C12H20BrN3O3. The summed E-state index contributed by atoms with van der Waals surface area (Å²) in [6, 6.07) is 0. The normalized spacial score (nSPS) is 12.9. The summed E-state index contributed by atoms with van der Waals surface area (Å²) in [6.07, 6.45) is 1.01. The van der Waals surface area contributed by atoms with Gasteiger partial charge in [0.2, 0.25) is 5.88 Å². The van der Waals surface area contributed by atoms with Gasteiger partial charge in [-0.05, 0) is 43.6 Å². The maximum absolute atomic E-state index is 11.5. The molecule has 1 N–H and O–H groups in total. The van der Waals surface area contributed by atoms with Crippen LogP contribution >= 0.6 is 15.9 Å². The van der Waals surface area contributed by atoms with Crippen molar-refractivity contribution in [3.05, 3.63) is 10.7 Å². The molecule has 0 aliphatic carbocycles. The van der Waals surface area contributed by atoms with E-state index in [1.54, 1.807) is 17.9 Å². The molecule has 1 aromatic heterocycles. The van der Waals surface area contributed by atoms with Crippen molar-refractivity contribution in [1.82, 2.24) is 15.1 Å². The Morgan fingerprint density at radius 2 is 2.21 bits per heavy atom. The average molecular weight is 334 g/mol. The largest absolute Gasteiger partial charge is 0.472 e. The summed E-state index contributed by atoms with van der Waals surface area (Å²) in [5.74, 6) is 0.624. The van der Waals surface area contributed by atoms with Crippen LogP contribution in [0, 0.1) is 0 Å². The van der Waals surface area contributed by atoms with E-state index < -0.39 is 11.7 Å². The molecule has 0 spiro atoms. The zero-order chi connectivity index (χ0) is 14.6. The predicted octanol–water partition coefficient (Wildman–Crippen LogP) is 2.47. The molecule has 1 aromatic rings. The smallest absolute Gasteiger partial charge is 0.407 e. The van der Waals surface area contributed by atoms with Crippen molar-refractivity contribution in [2.24, 2.45) is 7.05 Å². The minimum absolute atomic E-state index is 0.195. The van der Waals surface area contributed by atoms with E-state index >= 15 is 0 Å². The Bertz CT molecular complexity index is 420. The van der Waals surface area contributed by atoms with Crippen molar-refractivity contribution in [3.8, 4) is 5.88 Å². The summed E-state index contributed by atoms with van der Waals surface area (Å²) in [5, 5.41) is 6.70. The molecule has 6 nitrogen and oxygen atoms in total. The second-order valence-electron chi connectivity index (χ2n) is 5.23. The van der Waals surface area contributed by atoms with E-state index in [1.165, 1.54) is 0 Å². The fourth-order valence-corrected chi connectivity index (χ4v) is 1.75. The van der Waals surface area contributed by atoms with Crippen LogP contribution < -0.4 is 10.1 Å². The monoisotopic (exact) mass is 333 g/mol.